The summed E-state index contributed by atoms with van der Waals surface area (Å²) in [6.45, 7) is 3.72. The standard InChI is InChI=1S/C13H15BrFNO3/c1-7(2)5-11(13(18)19)16-12(17)8-3-4-9(14)10(15)6-8/h3-4,6-7,11H,5H2,1-2H3,(H,16,17)(H,18,19)/t11-/m0/s1. The van der Waals surface area contributed by atoms with E-state index in [1.165, 1.54) is 12.1 Å². The van der Waals surface area contributed by atoms with Gasteiger partial charge < -0.3 is 10.4 Å². The maximum absolute atomic E-state index is 13.3. The molecule has 0 spiro atoms. The minimum atomic E-state index is -1.10. The van der Waals surface area contributed by atoms with Gasteiger partial charge in [-0.2, -0.15) is 0 Å². The fourth-order valence-electron chi connectivity index (χ4n) is 1.57. The smallest absolute Gasteiger partial charge is 0.326 e. The number of amides is 1. The summed E-state index contributed by atoms with van der Waals surface area (Å²) in [5.74, 6) is -2.13. The number of halogens is 2. The number of benzene rings is 1. The first-order valence-corrected chi connectivity index (χ1v) is 6.59. The Bertz CT molecular complexity index is 491. The van der Waals surface area contributed by atoms with Gasteiger partial charge in [-0.15, -0.1) is 0 Å². The second kappa shape index (κ2) is 6.65. The lowest BCUT2D eigenvalue weighted by molar-refractivity contribution is -0.139. The summed E-state index contributed by atoms with van der Waals surface area (Å²) in [6.07, 6.45) is 0.320. The van der Waals surface area contributed by atoms with Crippen LogP contribution in [0.1, 0.15) is 30.6 Å². The predicted molar refractivity (Wildman–Crippen MR) is 72.4 cm³/mol. The SMILES string of the molecule is CC(C)C[C@H](NC(=O)c1ccc(Br)c(F)c1)C(=O)O. The number of rotatable bonds is 5. The molecule has 1 atom stereocenters. The molecule has 2 N–H and O–H groups in total. The molecule has 1 amide bonds. The van der Waals surface area contributed by atoms with Gasteiger partial charge in [0.15, 0.2) is 0 Å². The third-order valence-electron chi connectivity index (χ3n) is 2.49. The second-order valence-corrected chi connectivity index (χ2v) is 5.48. The molecule has 0 fully saturated rings. The van der Waals surface area contributed by atoms with Gasteiger partial charge in [-0.05, 0) is 46.5 Å². The number of hydrogen-bond donors (Lipinski definition) is 2. The van der Waals surface area contributed by atoms with Crippen LogP contribution in [0, 0.1) is 11.7 Å². The van der Waals surface area contributed by atoms with Gasteiger partial charge in [0, 0.05) is 5.56 Å². The van der Waals surface area contributed by atoms with E-state index in [0.717, 1.165) is 6.07 Å². The van der Waals surface area contributed by atoms with Crippen LogP contribution in [0.5, 0.6) is 0 Å². The van der Waals surface area contributed by atoms with Crippen molar-refractivity contribution >= 4 is 27.8 Å². The molecule has 104 valence electrons. The summed E-state index contributed by atoms with van der Waals surface area (Å²) >= 11 is 2.98. The average molecular weight is 332 g/mol. The third kappa shape index (κ3) is 4.63. The van der Waals surface area contributed by atoms with Crippen molar-refractivity contribution in [1.29, 1.82) is 0 Å². The third-order valence-corrected chi connectivity index (χ3v) is 3.14. The zero-order valence-corrected chi connectivity index (χ0v) is 12.2. The van der Waals surface area contributed by atoms with E-state index in [0.29, 0.717) is 6.42 Å². The molecule has 19 heavy (non-hydrogen) atoms. The van der Waals surface area contributed by atoms with Crippen LogP contribution in [0.15, 0.2) is 22.7 Å². The first kappa shape index (κ1) is 15.6. The van der Waals surface area contributed by atoms with E-state index in [-0.39, 0.29) is 16.0 Å². The molecule has 1 aromatic rings. The fourth-order valence-corrected chi connectivity index (χ4v) is 1.82. The summed E-state index contributed by atoms with van der Waals surface area (Å²) in [4.78, 5) is 22.9. The first-order valence-electron chi connectivity index (χ1n) is 5.80. The highest BCUT2D eigenvalue weighted by atomic mass is 79.9. The molecule has 0 bridgehead atoms. The molecule has 0 saturated heterocycles. The summed E-state index contributed by atoms with van der Waals surface area (Å²) in [5.41, 5.74) is 0.0932. The van der Waals surface area contributed by atoms with Crippen molar-refractivity contribution in [2.24, 2.45) is 5.92 Å². The Morgan fingerprint density at radius 1 is 1.42 bits per heavy atom. The monoisotopic (exact) mass is 331 g/mol. The zero-order valence-electron chi connectivity index (χ0n) is 10.6. The first-order chi connectivity index (χ1) is 8.81. The van der Waals surface area contributed by atoms with Crippen LogP contribution < -0.4 is 5.32 Å². The Hall–Kier alpha value is -1.43. The van der Waals surface area contributed by atoms with Gasteiger partial charge in [0.2, 0.25) is 0 Å². The van der Waals surface area contributed by atoms with Crippen molar-refractivity contribution in [3.63, 3.8) is 0 Å². The number of aliphatic carboxylic acids is 1. The van der Waals surface area contributed by atoms with Crippen LogP contribution in [0.4, 0.5) is 4.39 Å². The molecule has 0 radical (unpaired) electrons. The van der Waals surface area contributed by atoms with Crippen LogP contribution in [0.2, 0.25) is 0 Å². The minimum Gasteiger partial charge on any atom is -0.480 e. The van der Waals surface area contributed by atoms with Crippen LogP contribution in [0.25, 0.3) is 0 Å². The van der Waals surface area contributed by atoms with Crippen molar-refractivity contribution < 1.29 is 19.1 Å². The Kier molecular flexibility index (Phi) is 5.47. The molecule has 0 aliphatic heterocycles. The number of carbonyl (C=O) groups is 2. The largest absolute Gasteiger partial charge is 0.480 e. The number of carbonyl (C=O) groups excluding carboxylic acids is 1. The van der Waals surface area contributed by atoms with E-state index in [4.69, 9.17) is 5.11 Å². The number of carboxylic acid groups (broad SMARTS) is 1. The van der Waals surface area contributed by atoms with Gasteiger partial charge >= 0.3 is 5.97 Å². The molecule has 0 unspecified atom stereocenters. The van der Waals surface area contributed by atoms with E-state index >= 15 is 0 Å². The highest BCUT2D eigenvalue weighted by Gasteiger charge is 2.22. The van der Waals surface area contributed by atoms with E-state index in [2.05, 4.69) is 21.2 Å². The van der Waals surface area contributed by atoms with Crippen molar-refractivity contribution in [3.05, 3.63) is 34.1 Å². The van der Waals surface area contributed by atoms with Crippen LogP contribution in [-0.2, 0) is 4.79 Å². The Balaban J connectivity index is 2.81. The van der Waals surface area contributed by atoms with E-state index in [1.54, 1.807) is 0 Å². The van der Waals surface area contributed by atoms with E-state index in [9.17, 15) is 14.0 Å². The topological polar surface area (TPSA) is 66.4 Å². The molecule has 0 aliphatic rings. The predicted octanol–water partition coefficient (Wildman–Crippen LogP) is 2.82. The second-order valence-electron chi connectivity index (χ2n) is 4.62. The Morgan fingerprint density at radius 2 is 2.05 bits per heavy atom. The average Bonchev–Trinajstić information content (AvgIpc) is 2.31. The molecular formula is C13H15BrFNO3. The number of hydrogen-bond acceptors (Lipinski definition) is 2. The van der Waals surface area contributed by atoms with Gasteiger partial charge in [0.05, 0.1) is 4.47 Å². The van der Waals surface area contributed by atoms with Crippen molar-refractivity contribution in [3.8, 4) is 0 Å². The molecule has 1 aromatic carbocycles. The molecule has 1 rings (SSSR count). The quantitative estimate of drug-likeness (QED) is 0.871. The lowest BCUT2D eigenvalue weighted by Gasteiger charge is -2.16. The van der Waals surface area contributed by atoms with Gasteiger partial charge in [-0.3, -0.25) is 4.79 Å². The van der Waals surface area contributed by atoms with E-state index < -0.39 is 23.7 Å². The summed E-state index contributed by atoms with van der Waals surface area (Å²) in [5, 5.41) is 11.4. The molecule has 6 heteroatoms. The molecular weight excluding hydrogens is 317 g/mol. The van der Waals surface area contributed by atoms with E-state index in [1.807, 2.05) is 13.8 Å². The van der Waals surface area contributed by atoms with Crippen molar-refractivity contribution in [1.82, 2.24) is 5.32 Å². The van der Waals surface area contributed by atoms with Gasteiger partial charge in [-0.25, -0.2) is 9.18 Å². The molecule has 0 aliphatic carbocycles. The summed E-state index contributed by atoms with van der Waals surface area (Å²) in [7, 11) is 0. The summed E-state index contributed by atoms with van der Waals surface area (Å²) in [6, 6.07) is 2.92. The zero-order chi connectivity index (χ0) is 14.6. The van der Waals surface area contributed by atoms with Crippen LogP contribution in [-0.4, -0.2) is 23.0 Å². The normalized spacial score (nSPS) is 12.3. The highest BCUT2D eigenvalue weighted by Crippen LogP contribution is 2.16. The van der Waals surface area contributed by atoms with Gasteiger partial charge in [0.1, 0.15) is 11.9 Å². The van der Waals surface area contributed by atoms with Gasteiger partial charge in [0.25, 0.3) is 5.91 Å². The molecule has 0 heterocycles. The lowest BCUT2D eigenvalue weighted by Crippen LogP contribution is -2.41. The molecule has 0 saturated carbocycles. The van der Waals surface area contributed by atoms with Gasteiger partial charge in [-0.1, -0.05) is 13.8 Å². The fraction of sp³-hybridized carbons (Fsp3) is 0.385. The Morgan fingerprint density at radius 3 is 2.53 bits per heavy atom. The van der Waals surface area contributed by atoms with Crippen molar-refractivity contribution in [2.75, 3.05) is 0 Å². The number of carboxylic acids is 1. The number of nitrogens with one attached hydrogen (secondary N) is 1. The van der Waals surface area contributed by atoms with Crippen LogP contribution >= 0.6 is 15.9 Å². The highest BCUT2D eigenvalue weighted by molar-refractivity contribution is 9.10. The Labute approximate surface area is 119 Å². The maximum Gasteiger partial charge on any atom is 0.326 e. The summed E-state index contributed by atoms with van der Waals surface area (Å²) < 4.78 is 13.6. The lowest BCUT2D eigenvalue weighted by atomic mass is 10.0. The van der Waals surface area contributed by atoms with Crippen LogP contribution in [0.3, 0.4) is 0 Å². The molecule has 0 aromatic heterocycles. The van der Waals surface area contributed by atoms with Crippen molar-refractivity contribution in [2.45, 2.75) is 26.3 Å². The maximum atomic E-state index is 13.3. The minimum absolute atomic E-state index is 0.0932. The molecule has 4 nitrogen and oxygen atoms in total.